The zero-order valence-corrected chi connectivity index (χ0v) is 16.0. The molecule has 0 saturated carbocycles. The van der Waals surface area contributed by atoms with Crippen LogP contribution in [-0.4, -0.2) is 29.0 Å². The number of hydrogen-bond acceptors (Lipinski definition) is 6. The number of amides is 4. The Hall–Kier alpha value is -3.40. The molecule has 3 rings (SSSR count). The summed E-state index contributed by atoms with van der Waals surface area (Å²) >= 11 is 3.27. The van der Waals surface area contributed by atoms with E-state index in [1.165, 1.54) is 18.2 Å². The number of benzene rings is 2. The number of carbonyl (C=O) groups excluding carboxylic acids is 3. The van der Waals surface area contributed by atoms with Crippen molar-refractivity contribution >= 4 is 57.1 Å². The molecule has 1 aliphatic heterocycles. The molecule has 0 bridgehead atoms. The van der Waals surface area contributed by atoms with E-state index in [0.29, 0.717) is 11.3 Å². The number of hydrogen-bond donors (Lipinski definition) is 1. The average molecular weight is 445 g/mol. The second-order valence-corrected chi connectivity index (χ2v) is 6.84. The minimum atomic E-state index is -1.35. The van der Waals surface area contributed by atoms with Crippen LogP contribution < -0.4 is 10.2 Å². The molecule has 142 valence electrons. The molecule has 1 saturated heterocycles. The molecule has 1 N–H and O–H groups in total. The number of aryl methyl sites for hydroxylation is 1. The number of anilines is 1. The Kier molecular flexibility index (Phi) is 5.32. The van der Waals surface area contributed by atoms with E-state index in [4.69, 9.17) is 0 Å². The van der Waals surface area contributed by atoms with Crippen LogP contribution in [0.3, 0.4) is 0 Å². The van der Waals surface area contributed by atoms with E-state index in [-0.39, 0.29) is 11.4 Å². The highest BCUT2D eigenvalue weighted by molar-refractivity contribution is 9.10. The predicted molar refractivity (Wildman–Crippen MR) is 105 cm³/mol. The normalized spacial score (nSPS) is 17.1. The van der Waals surface area contributed by atoms with Crippen molar-refractivity contribution in [2.45, 2.75) is 6.92 Å². The van der Waals surface area contributed by atoms with Crippen LogP contribution in [0.5, 0.6) is 0 Å². The third kappa shape index (κ3) is 3.81. The second-order valence-electron chi connectivity index (χ2n) is 5.93. The number of halogens is 1. The Bertz CT molecular complexity index is 1020. The van der Waals surface area contributed by atoms with Crippen LogP contribution >= 0.6 is 15.9 Å². The lowest BCUT2D eigenvalue weighted by Gasteiger charge is -2.28. The summed E-state index contributed by atoms with van der Waals surface area (Å²) in [7, 11) is 0. The number of urea groups is 1. The lowest BCUT2D eigenvalue weighted by Crippen LogP contribution is -2.58. The second kappa shape index (κ2) is 7.69. The standard InChI is InChI=1S/C18H13BrN4O5/c1-10-2-5-13(23(27)28)8-15(10)20-9-14-16(24)21-18(26)22(17(14)25)12-6-3-11(19)4-7-12/h2-9,14H,1H3,(H,21,24,26)/t14-/m1/s1. The van der Waals surface area contributed by atoms with Crippen LogP contribution in [0, 0.1) is 23.0 Å². The summed E-state index contributed by atoms with van der Waals surface area (Å²) in [5.41, 5.74) is 1.01. The SMILES string of the molecule is Cc1ccc([N+](=O)[O-])cc1N=C[C@@H]1C(=O)NC(=O)N(c2ccc(Br)cc2)C1=O. The van der Waals surface area contributed by atoms with Crippen molar-refractivity contribution in [1.82, 2.24) is 5.32 Å². The molecular weight excluding hydrogens is 432 g/mol. The lowest BCUT2D eigenvalue weighted by atomic mass is 10.1. The molecule has 4 amide bonds. The minimum Gasteiger partial charge on any atom is -0.276 e. The van der Waals surface area contributed by atoms with E-state index in [1.807, 2.05) is 0 Å². The van der Waals surface area contributed by atoms with E-state index in [2.05, 4.69) is 26.2 Å². The monoisotopic (exact) mass is 444 g/mol. The van der Waals surface area contributed by atoms with Gasteiger partial charge in [0.05, 0.1) is 16.3 Å². The number of nitrogens with one attached hydrogen (secondary N) is 1. The zero-order chi connectivity index (χ0) is 20.4. The quantitative estimate of drug-likeness (QED) is 0.335. The van der Waals surface area contributed by atoms with Gasteiger partial charge < -0.3 is 0 Å². The Morgan fingerprint density at radius 3 is 2.50 bits per heavy atom. The molecule has 2 aromatic rings. The third-order valence-electron chi connectivity index (χ3n) is 4.05. The van der Waals surface area contributed by atoms with Crippen LogP contribution in [-0.2, 0) is 9.59 Å². The Balaban J connectivity index is 1.92. The number of imide groups is 2. The number of nitro benzene ring substituents is 1. The fourth-order valence-corrected chi connectivity index (χ4v) is 2.83. The number of barbiturate groups is 1. The molecule has 0 unspecified atom stereocenters. The topological polar surface area (TPSA) is 122 Å². The van der Waals surface area contributed by atoms with Crippen LogP contribution in [0.1, 0.15) is 5.56 Å². The maximum absolute atomic E-state index is 12.7. The summed E-state index contributed by atoms with van der Waals surface area (Å²) in [6.07, 6.45) is 1.09. The van der Waals surface area contributed by atoms with E-state index in [0.717, 1.165) is 15.6 Å². The van der Waals surface area contributed by atoms with Gasteiger partial charge in [0.2, 0.25) is 5.91 Å². The number of nitro groups is 1. The molecule has 0 spiro atoms. The van der Waals surface area contributed by atoms with Crippen LogP contribution in [0.15, 0.2) is 51.9 Å². The van der Waals surface area contributed by atoms with Gasteiger partial charge in [-0.3, -0.25) is 30.0 Å². The molecule has 9 nitrogen and oxygen atoms in total. The van der Waals surface area contributed by atoms with E-state index in [9.17, 15) is 24.5 Å². The summed E-state index contributed by atoms with van der Waals surface area (Å²) in [4.78, 5) is 52.3. The number of aliphatic imine (C=N–C) groups is 1. The molecule has 0 aromatic heterocycles. The summed E-state index contributed by atoms with van der Waals surface area (Å²) in [6, 6.07) is 9.66. The molecule has 28 heavy (non-hydrogen) atoms. The summed E-state index contributed by atoms with van der Waals surface area (Å²) in [6.45, 7) is 1.69. The number of nitrogens with zero attached hydrogens (tertiary/aromatic N) is 3. The van der Waals surface area contributed by atoms with Crippen molar-refractivity contribution in [2.75, 3.05) is 4.90 Å². The molecule has 10 heteroatoms. The first-order valence-corrected chi connectivity index (χ1v) is 8.81. The molecule has 1 fully saturated rings. The first kappa shape index (κ1) is 19.4. The van der Waals surface area contributed by atoms with Gasteiger partial charge in [-0.05, 0) is 36.8 Å². The fourth-order valence-electron chi connectivity index (χ4n) is 2.56. The van der Waals surface area contributed by atoms with E-state index in [1.54, 1.807) is 31.2 Å². The highest BCUT2D eigenvalue weighted by Crippen LogP contribution is 2.26. The summed E-state index contributed by atoms with van der Waals surface area (Å²) < 4.78 is 0.761. The van der Waals surface area contributed by atoms with Crippen molar-refractivity contribution in [3.8, 4) is 0 Å². The summed E-state index contributed by atoms with van der Waals surface area (Å²) in [5, 5.41) is 13.0. The van der Waals surface area contributed by atoms with Gasteiger partial charge in [-0.1, -0.05) is 22.0 Å². The zero-order valence-electron chi connectivity index (χ0n) is 14.5. The van der Waals surface area contributed by atoms with Gasteiger partial charge in [-0.15, -0.1) is 0 Å². The maximum atomic E-state index is 12.7. The number of non-ortho nitro benzene ring substituents is 1. The highest BCUT2D eigenvalue weighted by atomic mass is 79.9. The van der Waals surface area contributed by atoms with Crippen molar-refractivity contribution in [1.29, 1.82) is 0 Å². The van der Waals surface area contributed by atoms with Gasteiger partial charge in [-0.25, -0.2) is 9.69 Å². The Morgan fingerprint density at radius 2 is 1.86 bits per heavy atom. The Morgan fingerprint density at radius 1 is 1.18 bits per heavy atom. The molecular formula is C18H13BrN4O5. The van der Waals surface area contributed by atoms with Gasteiger partial charge >= 0.3 is 6.03 Å². The van der Waals surface area contributed by atoms with Gasteiger partial charge in [0, 0.05) is 22.8 Å². The van der Waals surface area contributed by atoms with Gasteiger partial charge in [0.1, 0.15) is 0 Å². The smallest absolute Gasteiger partial charge is 0.276 e. The van der Waals surface area contributed by atoms with Crippen molar-refractivity contribution < 1.29 is 19.3 Å². The van der Waals surface area contributed by atoms with Gasteiger partial charge in [0.25, 0.3) is 11.6 Å². The Labute approximate surface area is 167 Å². The van der Waals surface area contributed by atoms with Crippen molar-refractivity contribution in [3.05, 3.63) is 62.6 Å². The molecule has 0 aliphatic carbocycles. The number of rotatable bonds is 4. The molecule has 1 atom stereocenters. The number of carbonyl (C=O) groups is 3. The van der Waals surface area contributed by atoms with Crippen LogP contribution in [0.4, 0.5) is 21.9 Å². The van der Waals surface area contributed by atoms with E-state index < -0.39 is 28.7 Å². The lowest BCUT2D eigenvalue weighted by molar-refractivity contribution is -0.384. The first-order valence-electron chi connectivity index (χ1n) is 8.01. The van der Waals surface area contributed by atoms with E-state index >= 15 is 0 Å². The first-order chi connectivity index (χ1) is 13.3. The van der Waals surface area contributed by atoms with Gasteiger partial charge in [-0.2, -0.15) is 0 Å². The van der Waals surface area contributed by atoms with Crippen LogP contribution in [0.25, 0.3) is 0 Å². The summed E-state index contributed by atoms with van der Waals surface area (Å²) in [5.74, 6) is -2.92. The average Bonchev–Trinajstić information content (AvgIpc) is 2.64. The van der Waals surface area contributed by atoms with Gasteiger partial charge in [0.15, 0.2) is 5.92 Å². The van der Waals surface area contributed by atoms with Crippen molar-refractivity contribution in [2.24, 2.45) is 10.9 Å². The van der Waals surface area contributed by atoms with Crippen LogP contribution in [0.2, 0.25) is 0 Å². The predicted octanol–water partition coefficient (Wildman–Crippen LogP) is 3.27. The highest BCUT2D eigenvalue weighted by Gasteiger charge is 2.40. The molecule has 0 radical (unpaired) electrons. The molecule has 1 aliphatic rings. The fraction of sp³-hybridized carbons (Fsp3) is 0.111. The molecule has 2 aromatic carbocycles. The largest absolute Gasteiger partial charge is 0.335 e. The maximum Gasteiger partial charge on any atom is 0.335 e. The third-order valence-corrected chi connectivity index (χ3v) is 4.58. The minimum absolute atomic E-state index is 0.163. The molecule has 1 heterocycles. The van der Waals surface area contributed by atoms with Crippen molar-refractivity contribution in [3.63, 3.8) is 0 Å².